The largest absolute Gasteiger partial charge is 0.346 e. The van der Waals surface area contributed by atoms with E-state index in [1.807, 2.05) is 6.92 Å². The molecular weight excluding hydrogens is 289 g/mol. The van der Waals surface area contributed by atoms with Gasteiger partial charge in [0.25, 0.3) is 5.91 Å². The molecule has 86 valence electrons. The van der Waals surface area contributed by atoms with Crippen LogP contribution in [0.2, 0.25) is 5.02 Å². The number of halogens is 2. The second-order valence-electron chi connectivity index (χ2n) is 4.28. The van der Waals surface area contributed by atoms with Gasteiger partial charge >= 0.3 is 0 Å². The van der Waals surface area contributed by atoms with E-state index in [1.165, 1.54) is 0 Å². The molecule has 1 aliphatic rings. The van der Waals surface area contributed by atoms with Crippen LogP contribution in [0.5, 0.6) is 0 Å². The molecule has 1 amide bonds. The van der Waals surface area contributed by atoms with Gasteiger partial charge in [-0.25, -0.2) is 0 Å². The van der Waals surface area contributed by atoms with Gasteiger partial charge in [-0.05, 0) is 37.5 Å². The third-order valence-corrected chi connectivity index (χ3v) is 4.48. The van der Waals surface area contributed by atoms with E-state index in [2.05, 4.69) is 21.2 Å². The molecule has 0 unspecified atom stereocenters. The van der Waals surface area contributed by atoms with Crippen LogP contribution >= 0.6 is 27.5 Å². The second-order valence-corrected chi connectivity index (χ2v) is 5.25. The maximum Gasteiger partial charge on any atom is 0.252 e. The smallest absolute Gasteiger partial charge is 0.252 e. The predicted molar refractivity (Wildman–Crippen MR) is 69.4 cm³/mol. The molecule has 1 aromatic carbocycles. The Labute approximate surface area is 108 Å². The van der Waals surface area contributed by atoms with Gasteiger partial charge in [-0.2, -0.15) is 0 Å². The number of carbonyl (C=O) groups excluding carboxylic acids is 1. The highest BCUT2D eigenvalue weighted by Gasteiger charge is 2.43. The maximum atomic E-state index is 12.0. The number of benzene rings is 1. The van der Waals surface area contributed by atoms with Crippen molar-refractivity contribution in [3.05, 3.63) is 34.3 Å². The highest BCUT2D eigenvalue weighted by Crippen LogP contribution is 2.37. The zero-order valence-electron chi connectivity index (χ0n) is 9.02. The van der Waals surface area contributed by atoms with Crippen molar-refractivity contribution >= 4 is 33.4 Å². The van der Waals surface area contributed by atoms with Crippen LogP contribution < -0.4 is 5.32 Å². The summed E-state index contributed by atoms with van der Waals surface area (Å²) in [6.45, 7) is 1.87. The van der Waals surface area contributed by atoms with Crippen LogP contribution in [-0.2, 0) is 0 Å². The quantitative estimate of drug-likeness (QED) is 0.853. The summed E-state index contributed by atoms with van der Waals surface area (Å²) in [5.74, 6) is -0.0306. The fourth-order valence-corrected chi connectivity index (χ4v) is 2.48. The number of alkyl halides is 1. The number of nitrogens with one attached hydrogen (secondary N) is 1. The van der Waals surface area contributed by atoms with E-state index in [1.54, 1.807) is 18.2 Å². The summed E-state index contributed by atoms with van der Waals surface area (Å²) in [7, 11) is 0. The lowest BCUT2D eigenvalue weighted by Crippen LogP contribution is -2.38. The van der Waals surface area contributed by atoms with Crippen molar-refractivity contribution in [1.29, 1.82) is 0 Å². The van der Waals surface area contributed by atoms with Crippen molar-refractivity contribution in [2.45, 2.75) is 25.3 Å². The molecule has 1 aliphatic carbocycles. The monoisotopic (exact) mass is 301 g/mol. The minimum atomic E-state index is -0.0306. The molecule has 0 aliphatic heterocycles. The van der Waals surface area contributed by atoms with Crippen LogP contribution in [0.15, 0.2) is 18.2 Å². The lowest BCUT2D eigenvalue weighted by Gasteiger charge is -2.15. The fraction of sp³-hybridized carbons (Fsp3) is 0.417. The molecule has 0 heterocycles. The molecule has 2 nitrogen and oxygen atoms in total. The molecule has 0 bridgehead atoms. The molecular formula is C12H13BrClNO. The van der Waals surface area contributed by atoms with Crippen molar-refractivity contribution in [3.8, 4) is 0 Å². The Morgan fingerprint density at radius 2 is 2.25 bits per heavy atom. The van der Waals surface area contributed by atoms with Crippen molar-refractivity contribution in [2.24, 2.45) is 0 Å². The van der Waals surface area contributed by atoms with Gasteiger partial charge in [0.05, 0.1) is 5.54 Å². The number of carbonyl (C=O) groups is 1. The van der Waals surface area contributed by atoms with Crippen molar-refractivity contribution < 1.29 is 4.79 Å². The van der Waals surface area contributed by atoms with Crippen LogP contribution in [-0.4, -0.2) is 16.8 Å². The third-order valence-electron chi connectivity index (χ3n) is 3.00. The first-order valence-corrected chi connectivity index (χ1v) is 6.71. The summed E-state index contributed by atoms with van der Waals surface area (Å²) in [5, 5.41) is 4.50. The van der Waals surface area contributed by atoms with E-state index in [0.717, 1.165) is 23.7 Å². The molecule has 0 atom stereocenters. The molecule has 4 heteroatoms. The van der Waals surface area contributed by atoms with Crippen molar-refractivity contribution in [3.63, 3.8) is 0 Å². The molecule has 2 rings (SSSR count). The maximum absolute atomic E-state index is 12.0. The Bertz CT molecular complexity index is 429. The Morgan fingerprint density at radius 1 is 1.56 bits per heavy atom. The van der Waals surface area contributed by atoms with Gasteiger partial charge in [-0.1, -0.05) is 33.6 Å². The van der Waals surface area contributed by atoms with E-state index in [4.69, 9.17) is 11.6 Å². The number of rotatable bonds is 3. The first-order chi connectivity index (χ1) is 7.58. The van der Waals surface area contributed by atoms with Crippen molar-refractivity contribution in [2.75, 3.05) is 5.33 Å². The average molecular weight is 303 g/mol. The van der Waals surface area contributed by atoms with Crippen LogP contribution in [0.1, 0.15) is 28.8 Å². The van der Waals surface area contributed by atoms with E-state index in [9.17, 15) is 4.79 Å². The zero-order valence-corrected chi connectivity index (χ0v) is 11.4. The molecule has 0 radical (unpaired) electrons. The molecule has 1 fully saturated rings. The van der Waals surface area contributed by atoms with E-state index >= 15 is 0 Å². The summed E-state index contributed by atoms with van der Waals surface area (Å²) in [5.41, 5.74) is 1.48. The number of amides is 1. The topological polar surface area (TPSA) is 29.1 Å². The number of hydrogen-bond donors (Lipinski definition) is 1. The SMILES string of the molecule is Cc1c(Cl)cccc1C(=O)NC1(CBr)CC1. The third kappa shape index (κ3) is 2.25. The second kappa shape index (κ2) is 4.38. The Morgan fingerprint density at radius 3 is 2.81 bits per heavy atom. The molecule has 16 heavy (non-hydrogen) atoms. The molecule has 0 spiro atoms. The molecule has 1 N–H and O–H groups in total. The first-order valence-electron chi connectivity index (χ1n) is 5.22. The van der Waals surface area contributed by atoms with Crippen LogP contribution in [0, 0.1) is 6.92 Å². The Hall–Kier alpha value is -0.540. The van der Waals surface area contributed by atoms with Gasteiger partial charge in [-0.15, -0.1) is 0 Å². The Kier molecular flexibility index (Phi) is 3.27. The van der Waals surface area contributed by atoms with Gasteiger partial charge in [0.2, 0.25) is 0 Å². The minimum Gasteiger partial charge on any atom is -0.346 e. The van der Waals surface area contributed by atoms with Gasteiger partial charge in [0.1, 0.15) is 0 Å². The van der Waals surface area contributed by atoms with E-state index in [0.29, 0.717) is 10.6 Å². The minimum absolute atomic E-state index is 0.0220. The van der Waals surface area contributed by atoms with Crippen molar-refractivity contribution in [1.82, 2.24) is 5.32 Å². The van der Waals surface area contributed by atoms with Crippen LogP contribution in [0.4, 0.5) is 0 Å². The van der Waals surface area contributed by atoms with Gasteiger partial charge < -0.3 is 5.32 Å². The van der Waals surface area contributed by atoms with Gasteiger partial charge in [0.15, 0.2) is 0 Å². The summed E-state index contributed by atoms with van der Waals surface area (Å²) in [6, 6.07) is 5.41. The number of hydrogen-bond acceptors (Lipinski definition) is 1. The van der Waals surface area contributed by atoms with Crippen LogP contribution in [0.3, 0.4) is 0 Å². The van der Waals surface area contributed by atoms with E-state index in [-0.39, 0.29) is 11.4 Å². The highest BCUT2D eigenvalue weighted by atomic mass is 79.9. The average Bonchev–Trinajstić information content (AvgIpc) is 3.02. The lowest BCUT2D eigenvalue weighted by molar-refractivity contribution is 0.0936. The molecule has 0 saturated heterocycles. The molecule has 1 saturated carbocycles. The van der Waals surface area contributed by atoms with Crippen LogP contribution in [0.25, 0.3) is 0 Å². The first kappa shape index (κ1) is 11.9. The summed E-state index contributed by atoms with van der Waals surface area (Å²) < 4.78 is 0. The summed E-state index contributed by atoms with van der Waals surface area (Å²) in [6.07, 6.45) is 2.09. The molecule has 1 aromatic rings. The fourth-order valence-electron chi connectivity index (χ4n) is 1.60. The zero-order chi connectivity index (χ0) is 11.8. The van der Waals surface area contributed by atoms with Gasteiger partial charge in [-0.3, -0.25) is 4.79 Å². The summed E-state index contributed by atoms with van der Waals surface area (Å²) >= 11 is 9.42. The Balaban J connectivity index is 2.18. The highest BCUT2D eigenvalue weighted by molar-refractivity contribution is 9.09. The van der Waals surface area contributed by atoms with E-state index < -0.39 is 0 Å². The summed E-state index contributed by atoms with van der Waals surface area (Å²) in [4.78, 5) is 12.0. The normalized spacial score (nSPS) is 16.9. The lowest BCUT2D eigenvalue weighted by atomic mass is 10.1. The van der Waals surface area contributed by atoms with Gasteiger partial charge in [0, 0.05) is 15.9 Å². The molecule has 0 aromatic heterocycles. The standard InChI is InChI=1S/C12H13BrClNO/c1-8-9(3-2-4-10(8)14)11(16)15-12(7-13)5-6-12/h2-4H,5-7H2,1H3,(H,15,16). The predicted octanol–water partition coefficient (Wildman–Crippen LogP) is 3.31.